The molecule has 1 unspecified atom stereocenters. The molecule has 0 aliphatic heterocycles. The van der Waals surface area contributed by atoms with Crippen LogP contribution in [0.2, 0.25) is 0 Å². The van der Waals surface area contributed by atoms with Gasteiger partial charge in [0, 0.05) is 32.6 Å². The molecule has 0 saturated heterocycles. The van der Waals surface area contributed by atoms with Gasteiger partial charge >= 0.3 is 5.97 Å². The van der Waals surface area contributed by atoms with Crippen molar-refractivity contribution in [3.05, 3.63) is 84.6 Å². The number of nitrogens with one attached hydrogen (secondary N) is 4. The van der Waals surface area contributed by atoms with E-state index in [1.165, 1.54) is 6.92 Å². The Bertz CT molecular complexity index is 1300. The van der Waals surface area contributed by atoms with Crippen LogP contribution in [-0.2, 0) is 19.2 Å². The zero-order valence-corrected chi connectivity index (χ0v) is 24.6. The molecule has 3 aromatic rings. The van der Waals surface area contributed by atoms with E-state index in [0.717, 1.165) is 23.4 Å². The fourth-order valence-corrected chi connectivity index (χ4v) is 4.61. The van der Waals surface area contributed by atoms with Crippen LogP contribution in [0.4, 0.5) is 5.82 Å². The van der Waals surface area contributed by atoms with Crippen molar-refractivity contribution in [2.75, 3.05) is 18.4 Å². The summed E-state index contributed by atoms with van der Waals surface area (Å²) in [5, 5.41) is 21.2. The first-order valence-corrected chi connectivity index (χ1v) is 14.7. The topological polar surface area (TPSA) is 150 Å². The number of rotatable bonds is 18. The number of carbonyl (C=O) groups is 4. The lowest BCUT2D eigenvalue weighted by atomic mass is 9.98. The Balaban J connectivity index is 1.60. The molecule has 3 rings (SSSR count). The van der Waals surface area contributed by atoms with Gasteiger partial charge in [0.25, 0.3) is 0 Å². The number of anilines is 1. The van der Waals surface area contributed by atoms with Gasteiger partial charge in [-0.3, -0.25) is 19.2 Å². The number of amides is 3. The summed E-state index contributed by atoms with van der Waals surface area (Å²) in [6, 6.07) is 21.2. The van der Waals surface area contributed by atoms with Crippen molar-refractivity contribution in [1.29, 1.82) is 0 Å². The lowest BCUT2D eigenvalue weighted by Crippen LogP contribution is -2.48. The predicted molar refractivity (Wildman–Crippen MR) is 166 cm³/mol. The highest BCUT2D eigenvalue weighted by Crippen LogP contribution is 2.24. The SMILES string of the molecule is CC(=O)NCCCC[C@H](NC(=O)CCCCNc1ccccn1)C(=O)NC(CC(=O)O)c1ccc(-c2ccccc2)cc1. The summed E-state index contributed by atoms with van der Waals surface area (Å²) >= 11 is 0. The summed E-state index contributed by atoms with van der Waals surface area (Å²) in [5.74, 6) is -1.10. The van der Waals surface area contributed by atoms with Crippen LogP contribution in [0.25, 0.3) is 11.1 Å². The van der Waals surface area contributed by atoms with E-state index in [9.17, 15) is 24.3 Å². The molecule has 0 fully saturated rings. The highest BCUT2D eigenvalue weighted by molar-refractivity contribution is 5.88. The van der Waals surface area contributed by atoms with Crippen molar-refractivity contribution in [2.24, 2.45) is 0 Å². The number of nitrogens with zero attached hydrogens (tertiary/aromatic N) is 1. The smallest absolute Gasteiger partial charge is 0.305 e. The monoisotopic (exact) mass is 587 g/mol. The molecule has 2 atom stereocenters. The van der Waals surface area contributed by atoms with E-state index in [2.05, 4.69) is 26.3 Å². The van der Waals surface area contributed by atoms with Crippen molar-refractivity contribution in [2.45, 2.75) is 64.0 Å². The van der Waals surface area contributed by atoms with Crippen LogP contribution in [0.15, 0.2) is 79.0 Å². The van der Waals surface area contributed by atoms with E-state index in [1.54, 1.807) is 6.20 Å². The summed E-state index contributed by atoms with van der Waals surface area (Å²) in [5.41, 5.74) is 2.67. The largest absolute Gasteiger partial charge is 0.481 e. The molecule has 0 spiro atoms. The van der Waals surface area contributed by atoms with Crippen LogP contribution < -0.4 is 21.3 Å². The number of aromatic nitrogens is 1. The third kappa shape index (κ3) is 12.4. The lowest BCUT2D eigenvalue weighted by molar-refractivity contribution is -0.138. The third-order valence-corrected chi connectivity index (χ3v) is 6.86. The molecule has 0 saturated carbocycles. The molecule has 228 valence electrons. The molecule has 0 bridgehead atoms. The lowest BCUT2D eigenvalue weighted by Gasteiger charge is -2.23. The maximum Gasteiger partial charge on any atom is 0.305 e. The number of pyridine rings is 1. The Labute approximate surface area is 252 Å². The van der Waals surface area contributed by atoms with Crippen molar-refractivity contribution in [3.63, 3.8) is 0 Å². The van der Waals surface area contributed by atoms with Crippen molar-refractivity contribution < 1.29 is 24.3 Å². The minimum absolute atomic E-state index is 0.130. The third-order valence-electron chi connectivity index (χ3n) is 6.86. The minimum Gasteiger partial charge on any atom is -0.481 e. The van der Waals surface area contributed by atoms with Crippen LogP contribution in [0.1, 0.15) is 63.5 Å². The van der Waals surface area contributed by atoms with E-state index in [0.29, 0.717) is 44.3 Å². The fourth-order valence-electron chi connectivity index (χ4n) is 4.61. The van der Waals surface area contributed by atoms with Gasteiger partial charge in [-0.25, -0.2) is 4.98 Å². The zero-order valence-electron chi connectivity index (χ0n) is 24.6. The second-order valence-electron chi connectivity index (χ2n) is 10.3. The molecule has 0 radical (unpaired) electrons. The van der Waals surface area contributed by atoms with Gasteiger partial charge in [-0.2, -0.15) is 0 Å². The summed E-state index contributed by atoms with van der Waals surface area (Å²) in [6.07, 6.45) is 4.60. The maximum absolute atomic E-state index is 13.4. The molecule has 1 aromatic heterocycles. The van der Waals surface area contributed by atoms with Crippen LogP contribution in [-0.4, -0.2) is 52.9 Å². The van der Waals surface area contributed by atoms with Gasteiger partial charge in [0.15, 0.2) is 0 Å². The van der Waals surface area contributed by atoms with Crippen LogP contribution in [0.5, 0.6) is 0 Å². The zero-order chi connectivity index (χ0) is 30.9. The van der Waals surface area contributed by atoms with Gasteiger partial charge in [0.05, 0.1) is 12.5 Å². The minimum atomic E-state index is -1.05. The van der Waals surface area contributed by atoms with E-state index in [1.807, 2.05) is 72.8 Å². The highest BCUT2D eigenvalue weighted by atomic mass is 16.4. The fraction of sp³-hybridized carbons (Fsp3) is 0.364. The summed E-state index contributed by atoms with van der Waals surface area (Å²) in [7, 11) is 0. The second-order valence-corrected chi connectivity index (χ2v) is 10.3. The van der Waals surface area contributed by atoms with E-state index < -0.39 is 24.0 Å². The molecular formula is C33H41N5O5. The molecular weight excluding hydrogens is 546 g/mol. The van der Waals surface area contributed by atoms with Crippen molar-refractivity contribution in [1.82, 2.24) is 20.9 Å². The molecule has 0 aliphatic rings. The van der Waals surface area contributed by atoms with Crippen LogP contribution in [0, 0.1) is 0 Å². The molecule has 1 heterocycles. The van der Waals surface area contributed by atoms with E-state index >= 15 is 0 Å². The number of aliphatic carboxylic acids is 1. The number of carbonyl (C=O) groups excluding carboxylic acids is 3. The molecule has 5 N–H and O–H groups in total. The summed E-state index contributed by atoms with van der Waals surface area (Å²) in [6.45, 7) is 2.57. The molecule has 10 heteroatoms. The maximum atomic E-state index is 13.4. The van der Waals surface area contributed by atoms with Gasteiger partial charge in [0.2, 0.25) is 17.7 Å². The van der Waals surface area contributed by atoms with Crippen molar-refractivity contribution in [3.8, 4) is 11.1 Å². The Kier molecular flexibility index (Phi) is 13.7. The van der Waals surface area contributed by atoms with Crippen molar-refractivity contribution >= 4 is 29.5 Å². The van der Waals surface area contributed by atoms with Crippen LogP contribution >= 0.6 is 0 Å². The standard InChI is InChI=1S/C33H41N5O5/c1-24(39)34-20-8-5-13-28(37-31(40)15-7-10-22-36-30-14-6-9-21-35-30)33(43)38-29(23-32(41)42)27-18-16-26(17-19-27)25-11-3-2-4-12-25/h2-4,6,9,11-12,14,16-19,21,28-29H,5,7-8,10,13,15,20,22-23H2,1H3,(H,34,39)(H,35,36)(H,37,40)(H,38,43)(H,41,42)/t28-,29?/m0/s1. The normalized spacial score (nSPS) is 12.0. The highest BCUT2D eigenvalue weighted by Gasteiger charge is 2.25. The first-order valence-electron chi connectivity index (χ1n) is 14.7. The quantitative estimate of drug-likeness (QED) is 0.138. The average molecular weight is 588 g/mol. The molecule has 2 aromatic carbocycles. The first kappa shape index (κ1) is 32.8. The van der Waals surface area contributed by atoms with E-state index in [-0.39, 0.29) is 24.7 Å². The van der Waals surface area contributed by atoms with Gasteiger partial charge in [-0.15, -0.1) is 0 Å². The van der Waals surface area contributed by atoms with Gasteiger partial charge in [0.1, 0.15) is 11.9 Å². The number of unbranched alkanes of at least 4 members (excludes halogenated alkanes) is 2. The van der Waals surface area contributed by atoms with Gasteiger partial charge in [-0.1, -0.05) is 60.7 Å². The van der Waals surface area contributed by atoms with Crippen LogP contribution in [0.3, 0.4) is 0 Å². The molecule has 10 nitrogen and oxygen atoms in total. The Hall–Kier alpha value is -4.73. The number of hydrogen-bond donors (Lipinski definition) is 5. The van der Waals surface area contributed by atoms with E-state index in [4.69, 9.17) is 0 Å². The first-order chi connectivity index (χ1) is 20.8. The number of carboxylic acid groups (broad SMARTS) is 1. The Morgan fingerprint density at radius 2 is 1.49 bits per heavy atom. The predicted octanol–water partition coefficient (Wildman–Crippen LogP) is 4.45. The number of carboxylic acids is 1. The Morgan fingerprint density at radius 3 is 2.16 bits per heavy atom. The number of hydrogen-bond acceptors (Lipinski definition) is 6. The second kappa shape index (κ2) is 17.9. The summed E-state index contributed by atoms with van der Waals surface area (Å²) < 4.78 is 0. The van der Waals surface area contributed by atoms with Gasteiger partial charge < -0.3 is 26.4 Å². The Morgan fingerprint density at radius 1 is 0.791 bits per heavy atom. The molecule has 0 aliphatic carbocycles. The average Bonchev–Trinajstić information content (AvgIpc) is 3.00. The number of benzene rings is 2. The van der Waals surface area contributed by atoms with Gasteiger partial charge in [-0.05, 0) is 60.9 Å². The summed E-state index contributed by atoms with van der Waals surface area (Å²) in [4.78, 5) is 53.3. The molecule has 43 heavy (non-hydrogen) atoms. The molecule has 3 amide bonds.